The molecule has 0 aliphatic carbocycles. The molecule has 1 rings (SSSR count). The van der Waals surface area contributed by atoms with Crippen molar-refractivity contribution < 1.29 is 14.4 Å². The van der Waals surface area contributed by atoms with Gasteiger partial charge in [-0.25, -0.2) is 0 Å². The van der Waals surface area contributed by atoms with E-state index in [1.165, 1.54) is 7.05 Å². The summed E-state index contributed by atoms with van der Waals surface area (Å²) in [4.78, 5) is 37.7. The Morgan fingerprint density at radius 2 is 1.86 bits per heavy atom. The second kappa shape index (κ2) is 6.91. The number of carbonyl (C=O) groups excluding carboxylic acids is 3. The average Bonchev–Trinajstić information content (AvgIpc) is 2.44. The van der Waals surface area contributed by atoms with Crippen molar-refractivity contribution in [2.24, 2.45) is 11.3 Å². The number of nitrogens with one attached hydrogen (secondary N) is 2. The molecule has 21 heavy (non-hydrogen) atoms. The highest BCUT2D eigenvalue weighted by atomic mass is 16.2. The standard InChI is InChI=1S/C15H27N3O3/c1-10(12(19)16-5)17-13(20)11-7-6-8-18(9-11)14(21)15(2,3)4/h10-11H,6-9H2,1-5H3,(H,16,19)(H,17,20)/t10-,11+/m1/s1. The summed E-state index contributed by atoms with van der Waals surface area (Å²) >= 11 is 0. The lowest BCUT2D eigenvalue weighted by Crippen LogP contribution is -2.51. The fourth-order valence-electron chi connectivity index (χ4n) is 2.46. The molecule has 0 aromatic heterocycles. The third kappa shape index (κ3) is 4.72. The van der Waals surface area contributed by atoms with E-state index in [0.717, 1.165) is 12.8 Å². The summed E-state index contributed by atoms with van der Waals surface area (Å²) in [6.45, 7) is 8.43. The van der Waals surface area contributed by atoms with Crippen LogP contribution in [-0.2, 0) is 14.4 Å². The molecule has 6 heteroatoms. The van der Waals surface area contributed by atoms with Gasteiger partial charge in [0.05, 0.1) is 5.92 Å². The lowest BCUT2D eigenvalue weighted by atomic mass is 9.91. The minimum absolute atomic E-state index is 0.0688. The topological polar surface area (TPSA) is 78.5 Å². The van der Waals surface area contributed by atoms with Gasteiger partial charge in [-0.15, -0.1) is 0 Å². The Hall–Kier alpha value is -1.59. The lowest BCUT2D eigenvalue weighted by Gasteiger charge is -2.36. The fourth-order valence-corrected chi connectivity index (χ4v) is 2.46. The van der Waals surface area contributed by atoms with Gasteiger partial charge in [-0.05, 0) is 19.8 Å². The van der Waals surface area contributed by atoms with E-state index in [0.29, 0.717) is 13.1 Å². The molecule has 0 radical (unpaired) electrons. The predicted molar refractivity (Wildman–Crippen MR) is 80.4 cm³/mol. The van der Waals surface area contributed by atoms with E-state index in [4.69, 9.17) is 0 Å². The van der Waals surface area contributed by atoms with Crippen molar-refractivity contribution >= 4 is 17.7 Å². The summed E-state index contributed by atoms with van der Waals surface area (Å²) in [6.07, 6.45) is 1.56. The molecule has 0 unspecified atom stereocenters. The van der Waals surface area contributed by atoms with Gasteiger partial charge in [-0.2, -0.15) is 0 Å². The molecule has 3 amide bonds. The van der Waals surface area contributed by atoms with Crippen LogP contribution in [-0.4, -0.2) is 48.8 Å². The second-order valence-electron chi connectivity index (χ2n) is 6.68. The van der Waals surface area contributed by atoms with E-state index in [2.05, 4.69) is 10.6 Å². The van der Waals surface area contributed by atoms with Crippen LogP contribution in [0.1, 0.15) is 40.5 Å². The first-order valence-electron chi connectivity index (χ1n) is 7.48. The molecule has 0 saturated carbocycles. The van der Waals surface area contributed by atoms with Gasteiger partial charge in [0, 0.05) is 25.6 Å². The first-order valence-corrected chi connectivity index (χ1v) is 7.48. The third-order valence-corrected chi connectivity index (χ3v) is 3.72. The van der Waals surface area contributed by atoms with Gasteiger partial charge in [0.15, 0.2) is 0 Å². The zero-order valence-corrected chi connectivity index (χ0v) is 13.7. The van der Waals surface area contributed by atoms with Crippen LogP contribution in [0.4, 0.5) is 0 Å². The number of nitrogens with zero attached hydrogens (tertiary/aromatic N) is 1. The molecule has 0 aromatic carbocycles. The quantitative estimate of drug-likeness (QED) is 0.797. The maximum absolute atomic E-state index is 12.3. The Labute approximate surface area is 126 Å². The van der Waals surface area contributed by atoms with Gasteiger partial charge in [-0.1, -0.05) is 20.8 Å². The third-order valence-electron chi connectivity index (χ3n) is 3.72. The number of amides is 3. The maximum Gasteiger partial charge on any atom is 0.242 e. The van der Waals surface area contributed by atoms with E-state index in [1.54, 1.807) is 11.8 Å². The molecule has 1 saturated heterocycles. The predicted octanol–water partition coefficient (Wildman–Crippen LogP) is 0.522. The molecule has 2 atom stereocenters. The van der Waals surface area contributed by atoms with Gasteiger partial charge in [-0.3, -0.25) is 14.4 Å². The van der Waals surface area contributed by atoms with Gasteiger partial charge < -0.3 is 15.5 Å². The van der Waals surface area contributed by atoms with E-state index in [1.807, 2.05) is 20.8 Å². The second-order valence-corrected chi connectivity index (χ2v) is 6.68. The highest BCUT2D eigenvalue weighted by molar-refractivity contribution is 5.88. The van der Waals surface area contributed by atoms with Crippen LogP contribution >= 0.6 is 0 Å². The van der Waals surface area contributed by atoms with Crippen molar-refractivity contribution in [3.63, 3.8) is 0 Å². The Morgan fingerprint density at radius 1 is 1.24 bits per heavy atom. The van der Waals surface area contributed by atoms with Crippen molar-refractivity contribution in [3.8, 4) is 0 Å². The number of likely N-dealkylation sites (N-methyl/N-ethyl adjacent to an activating group) is 1. The molecule has 1 aliphatic rings. The molecule has 6 nitrogen and oxygen atoms in total. The Balaban J connectivity index is 2.62. The Morgan fingerprint density at radius 3 is 2.38 bits per heavy atom. The number of carbonyl (C=O) groups is 3. The smallest absolute Gasteiger partial charge is 0.242 e. The molecular formula is C15H27N3O3. The summed E-state index contributed by atoms with van der Waals surface area (Å²) < 4.78 is 0. The van der Waals surface area contributed by atoms with Crippen LogP contribution in [0.5, 0.6) is 0 Å². The molecule has 0 aromatic rings. The fraction of sp³-hybridized carbons (Fsp3) is 0.800. The molecule has 120 valence electrons. The van der Waals surface area contributed by atoms with E-state index >= 15 is 0 Å². The molecule has 0 spiro atoms. The monoisotopic (exact) mass is 297 g/mol. The summed E-state index contributed by atoms with van der Waals surface area (Å²) in [5.74, 6) is -0.546. The Kier molecular flexibility index (Phi) is 5.75. The van der Waals surface area contributed by atoms with Crippen molar-refractivity contribution in [2.45, 2.75) is 46.6 Å². The SMILES string of the molecule is CNC(=O)[C@@H](C)NC(=O)[C@H]1CCCN(C(=O)C(C)(C)C)C1. The van der Waals surface area contributed by atoms with E-state index in [9.17, 15) is 14.4 Å². The number of piperidine rings is 1. The Bertz CT molecular complexity index is 415. The first kappa shape index (κ1) is 17.5. The minimum Gasteiger partial charge on any atom is -0.357 e. The number of hydrogen-bond acceptors (Lipinski definition) is 3. The van der Waals surface area contributed by atoms with Crippen molar-refractivity contribution in [3.05, 3.63) is 0 Å². The highest BCUT2D eigenvalue weighted by Gasteiger charge is 2.33. The van der Waals surface area contributed by atoms with Crippen LogP contribution in [0.15, 0.2) is 0 Å². The molecule has 1 heterocycles. The van der Waals surface area contributed by atoms with Crippen LogP contribution in [0, 0.1) is 11.3 Å². The van der Waals surface area contributed by atoms with E-state index < -0.39 is 11.5 Å². The molecule has 1 fully saturated rings. The van der Waals surface area contributed by atoms with Crippen molar-refractivity contribution in [1.82, 2.24) is 15.5 Å². The number of rotatable bonds is 3. The van der Waals surface area contributed by atoms with Gasteiger partial charge in [0.2, 0.25) is 17.7 Å². The van der Waals surface area contributed by atoms with Crippen LogP contribution in [0.25, 0.3) is 0 Å². The minimum atomic E-state index is -0.559. The van der Waals surface area contributed by atoms with Crippen LogP contribution < -0.4 is 10.6 Å². The van der Waals surface area contributed by atoms with Gasteiger partial charge >= 0.3 is 0 Å². The molecular weight excluding hydrogens is 270 g/mol. The summed E-state index contributed by atoms with van der Waals surface area (Å²) in [5, 5.41) is 5.21. The zero-order valence-electron chi connectivity index (χ0n) is 13.7. The summed E-state index contributed by atoms with van der Waals surface area (Å²) in [6, 6.07) is -0.559. The van der Waals surface area contributed by atoms with E-state index in [-0.39, 0.29) is 23.6 Å². The zero-order chi connectivity index (χ0) is 16.2. The highest BCUT2D eigenvalue weighted by Crippen LogP contribution is 2.23. The van der Waals surface area contributed by atoms with Crippen molar-refractivity contribution in [2.75, 3.05) is 20.1 Å². The molecule has 1 aliphatic heterocycles. The van der Waals surface area contributed by atoms with Crippen molar-refractivity contribution in [1.29, 1.82) is 0 Å². The normalized spacial score (nSPS) is 20.6. The molecule has 2 N–H and O–H groups in total. The summed E-state index contributed by atoms with van der Waals surface area (Å²) in [5.41, 5.74) is -0.437. The lowest BCUT2D eigenvalue weighted by molar-refractivity contribution is -0.143. The first-order chi connectivity index (χ1) is 9.66. The van der Waals surface area contributed by atoms with Crippen LogP contribution in [0.3, 0.4) is 0 Å². The summed E-state index contributed by atoms with van der Waals surface area (Å²) in [7, 11) is 1.54. The average molecular weight is 297 g/mol. The maximum atomic E-state index is 12.3. The van der Waals surface area contributed by atoms with Crippen LogP contribution in [0.2, 0.25) is 0 Å². The van der Waals surface area contributed by atoms with Gasteiger partial charge in [0.1, 0.15) is 6.04 Å². The largest absolute Gasteiger partial charge is 0.357 e. The van der Waals surface area contributed by atoms with Gasteiger partial charge in [0.25, 0.3) is 0 Å². The number of likely N-dealkylation sites (tertiary alicyclic amines) is 1. The number of hydrogen-bond donors (Lipinski definition) is 2. The molecule has 0 bridgehead atoms.